The zero-order chi connectivity index (χ0) is 15.9. The van der Waals surface area contributed by atoms with Crippen LogP contribution in [0.15, 0.2) is 30.3 Å². The predicted molar refractivity (Wildman–Crippen MR) is 94.4 cm³/mol. The molecule has 0 radical (unpaired) electrons. The van der Waals surface area contributed by atoms with Gasteiger partial charge in [0.05, 0.1) is 0 Å². The maximum Gasteiger partial charge on any atom is 0.222 e. The molecule has 0 bridgehead atoms. The molecule has 1 saturated heterocycles. The van der Waals surface area contributed by atoms with E-state index in [1.165, 1.54) is 44.1 Å². The number of benzene rings is 1. The van der Waals surface area contributed by atoms with Crippen LogP contribution in [0, 0.1) is 0 Å². The summed E-state index contributed by atoms with van der Waals surface area (Å²) in [6.07, 6.45) is 9.84. The summed E-state index contributed by atoms with van der Waals surface area (Å²) < 4.78 is 0. The van der Waals surface area contributed by atoms with Gasteiger partial charge in [0, 0.05) is 38.6 Å². The van der Waals surface area contributed by atoms with E-state index in [1.807, 2.05) is 18.2 Å². The predicted octanol–water partition coefficient (Wildman–Crippen LogP) is 3.49. The van der Waals surface area contributed by atoms with Gasteiger partial charge in [-0.15, -0.1) is 0 Å². The second-order valence-electron chi connectivity index (χ2n) is 7.05. The van der Waals surface area contributed by atoms with Crippen molar-refractivity contribution in [2.45, 2.75) is 57.4 Å². The Balaban J connectivity index is 1.42. The van der Waals surface area contributed by atoms with Crippen molar-refractivity contribution in [3.05, 3.63) is 35.9 Å². The Bertz CT molecular complexity index is 472. The standard InChI is InChI=1S/C20H30N2O/c23-20(13-12-18-8-4-3-5-9-18)22-16-14-21(15-17-22)19-10-6-1-2-7-11-19/h3-5,8-9,19H,1-2,6-7,10-17H2. The Hall–Kier alpha value is -1.35. The third-order valence-corrected chi connectivity index (χ3v) is 5.48. The van der Waals surface area contributed by atoms with Crippen molar-refractivity contribution in [2.24, 2.45) is 0 Å². The highest BCUT2D eigenvalue weighted by atomic mass is 16.2. The molecular formula is C20H30N2O. The monoisotopic (exact) mass is 314 g/mol. The van der Waals surface area contributed by atoms with Crippen LogP contribution < -0.4 is 0 Å². The van der Waals surface area contributed by atoms with Gasteiger partial charge in [-0.3, -0.25) is 9.69 Å². The van der Waals surface area contributed by atoms with Crippen molar-refractivity contribution >= 4 is 5.91 Å². The molecule has 3 heteroatoms. The van der Waals surface area contributed by atoms with E-state index in [4.69, 9.17) is 0 Å². The third kappa shape index (κ3) is 4.81. The molecule has 0 spiro atoms. The minimum atomic E-state index is 0.328. The fourth-order valence-electron chi connectivity index (χ4n) is 4.01. The zero-order valence-electron chi connectivity index (χ0n) is 14.3. The number of hydrogen-bond acceptors (Lipinski definition) is 2. The molecule has 23 heavy (non-hydrogen) atoms. The van der Waals surface area contributed by atoms with Gasteiger partial charge in [0.1, 0.15) is 0 Å². The maximum atomic E-state index is 12.4. The maximum absolute atomic E-state index is 12.4. The summed E-state index contributed by atoms with van der Waals surface area (Å²) in [5.74, 6) is 0.328. The smallest absolute Gasteiger partial charge is 0.222 e. The van der Waals surface area contributed by atoms with Crippen molar-refractivity contribution in [2.75, 3.05) is 26.2 Å². The molecule has 0 N–H and O–H groups in total. The van der Waals surface area contributed by atoms with Crippen LogP contribution in [0.3, 0.4) is 0 Å². The summed E-state index contributed by atoms with van der Waals surface area (Å²) >= 11 is 0. The normalized spacial score (nSPS) is 21.1. The quantitative estimate of drug-likeness (QED) is 0.794. The third-order valence-electron chi connectivity index (χ3n) is 5.48. The molecule has 0 aromatic heterocycles. The van der Waals surface area contributed by atoms with Gasteiger partial charge in [0.25, 0.3) is 0 Å². The molecule has 1 aromatic rings. The lowest BCUT2D eigenvalue weighted by Crippen LogP contribution is -2.51. The Morgan fingerprint density at radius 3 is 2.22 bits per heavy atom. The highest BCUT2D eigenvalue weighted by Crippen LogP contribution is 2.23. The van der Waals surface area contributed by atoms with Gasteiger partial charge in [-0.2, -0.15) is 0 Å². The van der Waals surface area contributed by atoms with E-state index in [0.29, 0.717) is 12.3 Å². The van der Waals surface area contributed by atoms with Gasteiger partial charge in [-0.25, -0.2) is 0 Å². The van der Waals surface area contributed by atoms with Gasteiger partial charge in [-0.1, -0.05) is 56.0 Å². The van der Waals surface area contributed by atoms with Crippen LogP contribution in [0.25, 0.3) is 0 Å². The van der Waals surface area contributed by atoms with Crippen LogP contribution in [-0.2, 0) is 11.2 Å². The molecule has 3 nitrogen and oxygen atoms in total. The van der Waals surface area contributed by atoms with Gasteiger partial charge in [0.2, 0.25) is 5.91 Å². The van der Waals surface area contributed by atoms with Crippen molar-refractivity contribution in [1.29, 1.82) is 0 Å². The Kier molecular flexibility index (Phi) is 6.09. The molecule has 2 aliphatic rings. The summed E-state index contributed by atoms with van der Waals surface area (Å²) in [6, 6.07) is 11.1. The van der Waals surface area contributed by atoms with Gasteiger partial charge in [-0.05, 0) is 24.8 Å². The highest BCUT2D eigenvalue weighted by Gasteiger charge is 2.26. The molecule has 2 fully saturated rings. The van der Waals surface area contributed by atoms with E-state index < -0.39 is 0 Å². The van der Waals surface area contributed by atoms with Crippen molar-refractivity contribution < 1.29 is 4.79 Å². The minimum Gasteiger partial charge on any atom is -0.340 e. The fourth-order valence-corrected chi connectivity index (χ4v) is 4.01. The van der Waals surface area contributed by atoms with E-state index >= 15 is 0 Å². The number of hydrogen-bond donors (Lipinski definition) is 0. The number of nitrogens with zero attached hydrogens (tertiary/aromatic N) is 2. The van der Waals surface area contributed by atoms with E-state index in [0.717, 1.165) is 38.6 Å². The molecule has 1 heterocycles. The molecule has 1 aliphatic heterocycles. The first-order valence-corrected chi connectivity index (χ1v) is 9.39. The van der Waals surface area contributed by atoms with E-state index in [2.05, 4.69) is 21.9 Å². The Morgan fingerprint density at radius 1 is 0.913 bits per heavy atom. The zero-order valence-corrected chi connectivity index (χ0v) is 14.3. The molecule has 0 unspecified atom stereocenters. The average Bonchev–Trinajstić information content (AvgIpc) is 2.90. The van der Waals surface area contributed by atoms with Crippen LogP contribution in [0.5, 0.6) is 0 Å². The van der Waals surface area contributed by atoms with Gasteiger partial charge in [0.15, 0.2) is 0 Å². The second kappa shape index (κ2) is 8.49. The number of amides is 1. The van der Waals surface area contributed by atoms with Crippen molar-refractivity contribution in [1.82, 2.24) is 9.80 Å². The topological polar surface area (TPSA) is 23.6 Å². The fraction of sp³-hybridized carbons (Fsp3) is 0.650. The lowest BCUT2D eigenvalue weighted by atomic mass is 10.1. The Labute approximate surface area is 140 Å². The number of carbonyl (C=O) groups excluding carboxylic acids is 1. The molecule has 1 aliphatic carbocycles. The molecule has 3 rings (SSSR count). The van der Waals surface area contributed by atoms with E-state index in [1.54, 1.807) is 0 Å². The Morgan fingerprint density at radius 2 is 1.57 bits per heavy atom. The molecule has 126 valence electrons. The van der Waals surface area contributed by atoms with E-state index in [-0.39, 0.29) is 0 Å². The molecule has 1 aromatic carbocycles. The van der Waals surface area contributed by atoms with Crippen LogP contribution in [0.4, 0.5) is 0 Å². The first-order chi connectivity index (χ1) is 11.3. The summed E-state index contributed by atoms with van der Waals surface area (Å²) in [6.45, 7) is 3.98. The summed E-state index contributed by atoms with van der Waals surface area (Å²) in [7, 11) is 0. The second-order valence-corrected chi connectivity index (χ2v) is 7.05. The molecule has 1 amide bonds. The first-order valence-electron chi connectivity index (χ1n) is 9.39. The lowest BCUT2D eigenvalue weighted by molar-refractivity contribution is -0.133. The number of carbonyl (C=O) groups is 1. The molecule has 1 saturated carbocycles. The molecular weight excluding hydrogens is 284 g/mol. The largest absolute Gasteiger partial charge is 0.340 e. The van der Waals surface area contributed by atoms with Crippen LogP contribution >= 0.6 is 0 Å². The number of piperazine rings is 1. The minimum absolute atomic E-state index is 0.328. The highest BCUT2D eigenvalue weighted by molar-refractivity contribution is 5.76. The van der Waals surface area contributed by atoms with Gasteiger partial charge < -0.3 is 4.90 Å². The average molecular weight is 314 g/mol. The summed E-state index contributed by atoms with van der Waals surface area (Å²) in [5.41, 5.74) is 1.26. The van der Waals surface area contributed by atoms with Crippen LogP contribution in [-0.4, -0.2) is 47.9 Å². The number of rotatable bonds is 4. The summed E-state index contributed by atoms with van der Waals surface area (Å²) in [4.78, 5) is 17.1. The van der Waals surface area contributed by atoms with Crippen molar-refractivity contribution in [3.63, 3.8) is 0 Å². The van der Waals surface area contributed by atoms with Gasteiger partial charge >= 0.3 is 0 Å². The lowest BCUT2D eigenvalue weighted by Gasteiger charge is -2.39. The van der Waals surface area contributed by atoms with Crippen molar-refractivity contribution in [3.8, 4) is 0 Å². The molecule has 0 atom stereocenters. The SMILES string of the molecule is O=C(CCc1ccccc1)N1CCN(C2CCCCCC2)CC1. The first kappa shape index (κ1) is 16.5. The number of aryl methyl sites for hydroxylation is 1. The summed E-state index contributed by atoms with van der Waals surface area (Å²) in [5, 5.41) is 0. The van der Waals surface area contributed by atoms with Crippen LogP contribution in [0.2, 0.25) is 0 Å². The van der Waals surface area contributed by atoms with Crippen LogP contribution in [0.1, 0.15) is 50.5 Å². The van der Waals surface area contributed by atoms with E-state index in [9.17, 15) is 4.79 Å².